The molecule has 0 aliphatic rings. The van der Waals surface area contributed by atoms with E-state index in [2.05, 4.69) is 10.3 Å². The van der Waals surface area contributed by atoms with Crippen LogP contribution in [0, 0.1) is 5.82 Å². The highest BCUT2D eigenvalue weighted by atomic mass is 19.1. The monoisotopic (exact) mass is 277 g/mol. The molecule has 5 nitrogen and oxygen atoms in total. The van der Waals surface area contributed by atoms with E-state index in [-0.39, 0.29) is 23.5 Å². The Morgan fingerprint density at radius 2 is 2.15 bits per heavy atom. The van der Waals surface area contributed by atoms with Crippen LogP contribution in [-0.4, -0.2) is 17.4 Å². The summed E-state index contributed by atoms with van der Waals surface area (Å²) in [7, 11) is 0. The molecular weight excluding hydrogens is 261 g/mol. The Bertz CT molecular complexity index is 578. The maximum Gasteiger partial charge on any atom is 0.273 e. The van der Waals surface area contributed by atoms with Crippen LogP contribution in [0.5, 0.6) is 0 Å². The van der Waals surface area contributed by atoms with Gasteiger partial charge in [0, 0.05) is 6.54 Å². The number of hydrogen-bond donors (Lipinski definition) is 2. The van der Waals surface area contributed by atoms with E-state index in [1.165, 1.54) is 18.4 Å². The fourth-order valence-corrected chi connectivity index (χ4v) is 1.66. The van der Waals surface area contributed by atoms with E-state index in [1.807, 2.05) is 0 Å². The summed E-state index contributed by atoms with van der Waals surface area (Å²) in [6.45, 7) is 2.16. The first kappa shape index (κ1) is 14.2. The number of nitrogens with one attached hydrogen (secondary N) is 1. The smallest absolute Gasteiger partial charge is 0.273 e. The van der Waals surface area contributed by atoms with Crippen LogP contribution in [0.4, 0.5) is 4.39 Å². The van der Waals surface area contributed by atoms with E-state index in [9.17, 15) is 9.18 Å². The van der Waals surface area contributed by atoms with Gasteiger partial charge in [-0.05, 0) is 31.0 Å². The van der Waals surface area contributed by atoms with Gasteiger partial charge in [0.15, 0.2) is 5.69 Å². The largest absolute Gasteiger partial charge is 0.446 e. The van der Waals surface area contributed by atoms with Crippen molar-refractivity contribution in [3.05, 3.63) is 53.5 Å². The highest BCUT2D eigenvalue weighted by Crippen LogP contribution is 2.09. The standard InChI is InChI=1S/C14H16FN3O2/c1-9(16)14-18-12(8-20-14)13(19)17-7-6-10-2-4-11(15)5-3-10/h2-5,8-9H,6-7,16H2,1H3,(H,17,19). The molecule has 1 heterocycles. The predicted octanol–water partition coefficient (Wildman–Crippen LogP) is 1.81. The second-order valence-corrected chi connectivity index (χ2v) is 4.49. The zero-order chi connectivity index (χ0) is 14.5. The third-order valence-corrected chi connectivity index (χ3v) is 2.76. The minimum Gasteiger partial charge on any atom is -0.446 e. The minimum atomic E-state index is -0.351. The number of carbonyl (C=O) groups is 1. The Balaban J connectivity index is 1.84. The third-order valence-electron chi connectivity index (χ3n) is 2.76. The molecule has 1 aromatic carbocycles. The van der Waals surface area contributed by atoms with E-state index in [1.54, 1.807) is 19.1 Å². The molecule has 3 N–H and O–H groups in total. The summed E-state index contributed by atoms with van der Waals surface area (Å²) >= 11 is 0. The van der Waals surface area contributed by atoms with E-state index in [0.717, 1.165) is 5.56 Å². The Labute approximate surface area is 116 Å². The van der Waals surface area contributed by atoms with Gasteiger partial charge in [-0.2, -0.15) is 0 Å². The first-order valence-corrected chi connectivity index (χ1v) is 6.30. The first-order valence-electron chi connectivity index (χ1n) is 6.30. The molecule has 0 fully saturated rings. The van der Waals surface area contributed by atoms with Gasteiger partial charge in [0.25, 0.3) is 5.91 Å². The summed E-state index contributed by atoms with van der Waals surface area (Å²) in [6.07, 6.45) is 1.90. The molecule has 1 unspecified atom stereocenters. The lowest BCUT2D eigenvalue weighted by Crippen LogP contribution is -2.26. The Kier molecular flexibility index (Phi) is 4.47. The van der Waals surface area contributed by atoms with Crippen LogP contribution in [0.25, 0.3) is 0 Å². The lowest BCUT2D eigenvalue weighted by Gasteiger charge is -2.03. The summed E-state index contributed by atoms with van der Waals surface area (Å²) in [5.74, 6) is -0.264. The van der Waals surface area contributed by atoms with E-state index < -0.39 is 0 Å². The number of oxazole rings is 1. The molecule has 2 rings (SSSR count). The van der Waals surface area contributed by atoms with Crippen LogP contribution in [0.15, 0.2) is 34.9 Å². The SMILES string of the molecule is CC(N)c1nc(C(=O)NCCc2ccc(F)cc2)co1. The van der Waals surface area contributed by atoms with E-state index in [4.69, 9.17) is 10.2 Å². The average Bonchev–Trinajstić information content (AvgIpc) is 2.91. The average molecular weight is 277 g/mol. The fraction of sp³-hybridized carbons (Fsp3) is 0.286. The van der Waals surface area contributed by atoms with E-state index >= 15 is 0 Å². The molecule has 0 aliphatic carbocycles. The minimum absolute atomic E-state index is 0.205. The number of halogens is 1. The van der Waals surface area contributed by atoms with Gasteiger partial charge in [0.1, 0.15) is 12.1 Å². The third kappa shape index (κ3) is 3.64. The lowest BCUT2D eigenvalue weighted by molar-refractivity contribution is 0.0949. The van der Waals surface area contributed by atoms with E-state index in [0.29, 0.717) is 18.9 Å². The zero-order valence-electron chi connectivity index (χ0n) is 11.1. The molecular formula is C14H16FN3O2. The number of hydrogen-bond acceptors (Lipinski definition) is 4. The second-order valence-electron chi connectivity index (χ2n) is 4.49. The maximum atomic E-state index is 12.7. The van der Waals surface area contributed by atoms with Gasteiger partial charge in [-0.3, -0.25) is 4.79 Å². The number of benzene rings is 1. The summed E-state index contributed by atoms with van der Waals surface area (Å²) in [5.41, 5.74) is 6.75. The molecule has 0 spiro atoms. The molecule has 0 radical (unpaired) electrons. The van der Waals surface area contributed by atoms with Crippen molar-refractivity contribution in [3.63, 3.8) is 0 Å². The van der Waals surface area contributed by atoms with Gasteiger partial charge in [-0.1, -0.05) is 12.1 Å². The molecule has 2 aromatic rings. The molecule has 0 aliphatic heterocycles. The number of carbonyl (C=O) groups excluding carboxylic acids is 1. The molecule has 20 heavy (non-hydrogen) atoms. The van der Waals surface area contributed by atoms with Crippen molar-refractivity contribution in [2.45, 2.75) is 19.4 Å². The summed E-state index contributed by atoms with van der Waals surface area (Å²) in [4.78, 5) is 15.8. The Morgan fingerprint density at radius 1 is 1.45 bits per heavy atom. The molecule has 1 atom stereocenters. The van der Waals surface area contributed by atoms with Crippen molar-refractivity contribution in [1.29, 1.82) is 0 Å². The Hall–Kier alpha value is -2.21. The predicted molar refractivity (Wildman–Crippen MR) is 71.5 cm³/mol. The van der Waals surface area contributed by atoms with Crippen molar-refractivity contribution in [3.8, 4) is 0 Å². The molecule has 0 saturated heterocycles. The normalized spacial score (nSPS) is 12.2. The van der Waals surface area contributed by atoms with Crippen molar-refractivity contribution in [1.82, 2.24) is 10.3 Å². The number of nitrogens with two attached hydrogens (primary N) is 1. The maximum absolute atomic E-state index is 12.7. The van der Waals surface area contributed by atoms with Crippen LogP contribution < -0.4 is 11.1 Å². The molecule has 0 bridgehead atoms. The summed E-state index contributed by atoms with van der Waals surface area (Å²) in [6, 6.07) is 5.81. The fourth-order valence-electron chi connectivity index (χ4n) is 1.66. The topological polar surface area (TPSA) is 81.1 Å². The zero-order valence-corrected chi connectivity index (χ0v) is 11.1. The van der Waals surface area contributed by atoms with Gasteiger partial charge < -0.3 is 15.5 Å². The highest BCUT2D eigenvalue weighted by Gasteiger charge is 2.13. The van der Waals surface area contributed by atoms with Crippen molar-refractivity contribution in [2.24, 2.45) is 5.73 Å². The molecule has 6 heteroatoms. The van der Waals surface area contributed by atoms with Gasteiger partial charge in [-0.25, -0.2) is 9.37 Å². The van der Waals surface area contributed by atoms with Crippen LogP contribution in [0.1, 0.15) is 34.9 Å². The quantitative estimate of drug-likeness (QED) is 0.873. The Morgan fingerprint density at radius 3 is 2.75 bits per heavy atom. The van der Waals surface area contributed by atoms with Gasteiger partial charge in [-0.15, -0.1) is 0 Å². The van der Waals surface area contributed by atoms with Gasteiger partial charge in [0.2, 0.25) is 5.89 Å². The number of aromatic nitrogens is 1. The highest BCUT2D eigenvalue weighted by molar-refractivity contribution is 5.91. The van der Waals surface area contributed by atoms with Crippen molar-refractivity contribution < 1.29 is 13.6 Å². The van der Waals surface area contributed by atoms with Crippen LogP contribution in [-0.2, 0) is 6.42 Å². The van der Waals surface area contributed by atoms with Crippen LogP contribution >= 0.6 is 0 Å². The summed E-state index contributed by atoms with van der Waals surface area (Å²) < 4.78 is 17.8. The number of nitrogens with zero attached hydrogens (tertiary/aromatic N) is 1. The number of rotatable bonds is 5. The number of amides is 1. The van der Waals surface area contributed by atoms with Crippen LogP contribution in [0.2, 0.25) is 0 Å². The van der Waals surface area contributed by atoms with Gasteiger partial charge >= 0.3 is 0 Å². The first-order chi connectivity index (χ1) is 9.56. The summed E-state index contributed by atoms with van der Waals surface area (Å²) in [5, 5.41) is 2.72. The van der Waals surface area contributed by atoms with Gasteiger partial charge in [0.05, 0.1) is 6.04 Å². The van der Waals surface area contributed by atoms with Crippen molar-refractivity contribution in [2.75, 3.05) is 6.54 Å². The molecule has 106 valence electrons. The lowest BCUT2D eigenvalue weighted by atomic mass is 10.1. The molecule has 0 saturated carbocycles. The second kappa shape index (κ2) is 6.29. The molecule has 1 amide bonds. The molecule has 1 aromatic heterocycles. The van der Waals surface area contributed by atoms with Crippen molar-refractivity contribution >= 4 is 5.91 Å². The van der Waals surface area contributed by atoms with Crippen LogP contribution in [0.3, 0.4) is 0 Å².